The van der Waals surface area contributed by atoms with Crippen molar-refractivity contribution >= 4 is 28.3 Å². The maximum atomic E-state index is 5.28. The Balaban J connectivity index is 1.98. The number of aromatic nitrogens is 3. The van der Waals surface area contributed by atoms with Gasteiger partial charge in [0.15, 0.2) is 0 Å². The fourth-order valence-corrected chi connectivity index (χ4v) is 2.13. The van der Waals surface area contributed by atoms with Crippen LogP contribution in [-0.2, 0) is 5.75 Å². The molecule has 0 fully saturated rings. The fraction of sp³-hybridized carbons (Fsp3) is 0.167. The van der Waals surface area contributed by atoms with Crippen LogP contribution in [0.5, 0.6) is 0 Å². The number of nitrogens with one attached hydrogen (secondary N) is 1. The Morgan fingerprint density at radius 3 is 3.29 bits per heavy atom. The molecule has 0 aliphatic heterocycles. The molecule has 6 nitrogen and oxygen atoms in total. The smallest absolute Gasteiger partial charge is 0.255 e. The molecule has 2 aromatic rings. The van der Waals surface area contributed by atoms with Gasteiger partial charge in [-0.15, -0.1) is 5.10 Å². The van der Waals surface area contributed by atoms with Crippen LogP contribution in [0.3, 0.4) is 0 Å². The maximum Gasteiger partial charge on any atom is 0.255 e. The van der Waals surface area contributed by atoms with Crippen molar-refractivity contribution in [2.75, 3.05) is 5.43 Å². The summed E-state index contributed by atoms with van der Waals surface area (Å²) in [6.45, 7) is 0. The number of thioether (sulfide) groups is 1. The van der Waals surface area contributed by atoms with Crippen LogP contribution in [-0.4, -0.2) is 14.6 Å². The van der Waals surface area contributed by atoms with E-state index in [9.17, 15) is 0 Å². The van der Waals surface area contributed by atoms with E-state index in [1.165, 1.54) is 29.6 Å². The lowest BCUT2D eigenvalue weighted by Crippen LogP contribution is -2.06. The van der Waals surface area contributed by atoms with E-state index in [1.807, 2.05) is 0 Å². The minimum absolute atomic E-state index is 0.612. The summed E-state index contributed by atoms with van der Waals surface area (Å²) in [6, 6.07) is 0. The van der Waals surface area contributed by atoms with Crippen LogP contribution in [0.1, 0.15) is 5.69 Å². The topological polar surface area (TPSA) is 89.9 Å². The molecule has 2 heterocycles. The second kappa shape index (κ2) is 4.40. The summed E-state index contributed by atoms with van der Waals surface area (Å²) in [5.41, 5.74) is 3.34. The summed E-state index contributed by atoms with van der Waals surface area (Å²) in [4.78, 5) is 3.97. The Hall–Kier alpha value is -1.12. The number of hydrazine groups is 1. The number of nitrogen functional groups attached to an aromatic ring is 1. The van der Waals surface area contributed by atoms with Crippen molar-refractivity contribution < 1.29 is 4.42 Å². The zero-order valence-corrected chi connectivity index (χ0v) is 8.64. The highest BCUT2D eigenvalue weighted by Gasteiger charge is 2.08. The highest BCUT2D eigenvalue weighted by Crippen LogP contribution is 2.25. The number of hydrogen-bond donors (Lipinski definition) is 2. The molecule has 8 heteroatoms. The summed E-state index contributed by atoms with van der Waals surface area (Å²) in [5, 5.41) is 5.30. The Labute approximate surface area is 88.0 Å². The second-order valence-electron chi connectivity index (χ2n) is 2.28. The van der Waals surface area contributed by atoms with Gasteiger partial charge < -0.3 is 9.84 Å². The first-order valence-corrected chi connectivity index (χ1v) is 5.46. The summed E-state index contributed by atoms with van der Waals surface area (Å²) < 4.78 is 8.84. The number of oxazole rings is 1. The molecule has 74 valence electrons. The van der Waals surface area contributed by atoms with Gasteiger partial charge in [-0.2, -0.15) is 0 Å². The number of nitrogens with two attached hydrogens (primary N) is 1. The normalized spacial score (nSPS) is 10.4. The molecular weight excluding hydrogens is 222 g/mol. The first-order valence-electron chi connectivity index (χ1n) is 3.70. The predicted molar refractivity (Wildman–Crippen MR) is 53.8 cm³/mol. The molecule has 0 atom stereocenters. The lowest BCUT2D eigenvalue weighted by molar-refractivity contribution is 0.454. The van der Waals surface area contributed by atoms with Gasteiger partial charge in [-0.3, -0.25) is 0 Å². The van der Waals surface area contributed by atoms with Crippen LogP contribution < -0.4 is 11.3 Å². The molecule has 14 heavy (non-hydrogen) atoms. The van der Waals surface area contributed by atoms with E-state index >= 15 is 0 Å². The first-order chi connectivity index (χ1) is 6.90. The van der Waals surface area contributed by atoms with E-state index in [4.69, 9.17) is 10.3 Å². The molecule has 0 bridgehead atoms. The van der Waals surface area contributed by atoms with Gasteiger partial charge in [0.25, 0.3) is 5.22 Å². The summed E-state index contributed by atoms with van der Waals surface area (Å²) in [6.07, 6.45) is 3.13. The Kier molecular flexibility index (Phi) is 2.96. The lowest BCUT2D eigenvalue weighted by atomic mass is 10.5. The maximum absolute atomic E-state index is 5.28. The largest absolute Gasteiger partial charge is 0.440 e. The molecular formula is C6H7N5OS2. The van der Waals surface area contributed by atoms with Gasteiger partial charge >= 0.3 is 0 Å². The van der Waals surface area contributed by atoms with Crippen molar-refractivity contribution in [2.45, 2.75) is 11.0 Å². The average molecular weight is 229 g/mol. The fourth-order valence-electron chi connectivity index (χ4n) is 0.824. The molecule has 0 unspecified atom stereocenters. The van der Waals surface area contributed by atoms with Crippen molar-refractivity contribution in [1.82, 2.24) is 14.6 Å². The van der Waals surface area contributed by atoms with E-state index < -0.39 is 0 Å². The van der Waals surface area contributed by atoms with Gasteiger partial charge in [0.2, 0.25) is 0 Å². The standard InChI is InChI=1S/C6H7N5OS2/c7-9-5-4(10-11-14-5)3-13-6-8-1-2-12-6/h1-2,9H,3,7H2. The molecule has 0 saturated carbocycles. The van der Waals surface area contributed by atoms with Crippen molar-refractivity contribution in [3.05, 3.63) is 18.2 Å². The number of hydrogen-bond acceptors (Lipinski definition) is 8. The third kappa shape index (κ3) is 2.03. The molecule has 0 aliphatic carbocycles. The molecule has 0 amide bonds. The van der Waals surface area contributed by atoms with Crippen LogP contribution >= 0.6 is 23.3 Å². The molecule has 0 saturated heterocycles. The Morgan fingerprint density at radius 1 is 1.64 bits per heavy atom. The van der Waals surface area contributed by atoms with Crippen molar-refractivity contribution in [1.29, 1.82) is 0 Å². The predicted octanol–water partition coefficient (Wildman–Crippen LogP) is 1.10. The summed E-state index contributed by atoms with van der Waals surface area (Å²) in [5.74, 6) is 5.91. The average Bonchev–Trinajstić information content (AvgIpc) is 2.85. The second-order valence-corrected chi connectivity index (χ2v) is 3.96. The van der Waals surface area contributed by atoms with Crippen LogP contribution in [0.15, 0.2) is 22.1 Å². The molecule has 2 aromatic heterocycles. The molecule has 0 spiro atoms. The zero-order chi connectivity index (χ0) is 9.80. The molecule has 2 rings (SSSR count). The zero-order valence-electron chi connectivity index (χ0n) is 7.01. The van der Waals surface area contributed by atoms with Crippen LogP contribution in [0.4, 0.5) is 5.00 Å². The highest BCUT2D eigenvalue weighted by molar-refractivity contribution is 7.98. The van der Waals surface area contributed by atoms with E-state index in [0.29, 0.717) is 11.0 Å². The third-order valence-corrected chi connectivity index (χ3v) is 2.99. The van der Waals surface area contributed by atoms with E-state index in [1.54, 1.807) is 6.20 Å². The van der Waals surface area contributed by atoms with E-state index in [2.05, 4.69) is 20.0 Å². The molecule has 0 radical (unpaired) electrons. The number of anilines is 1. The van der Waals surface area contributed by atoms with Crippen LogP contribution in [0, 0.1) is 0 Å². The highest BCUT2D eigenvalue weighted by atomic mass is 32.2. The third-order valence-electron chi connectivity index (χ3n) is 1.43. The Morgan fingerprint density at radius 2 is 2.57 bits per heavy atom. The summed E-state index contributed by atoms with van der Waals surface area (Å²) >= 11 is 2.67. The van der Waals surface area contributed by atoms with Gasteiger partial charge in [0.1, 0.15) is 17.0 Å². The minimum atomic E-state index is 0.612. The van der Waals surface area contributed by atoms with Gasteiger partial charge in [-0.25, -0.2) is 10.8 Å². The van der Waals surface area contributed by atoms with Gasteiger partial charge in [0.05, 0.1) is 11.9 Å². The number of nitrogens with zero attached hydrogens (tertiary/aromatic N) is 3. The Bertz CT molecular complexity index is 387. The van der Waals surface area contributed by atoms with Crippen LogP contribution in [0.25, 0.3) is 0 Å². The monoisotopic (exact) mass is 229 g/mol. The quantitative estimate of drug-likeness (QED) is 0.461. The van der Waals surface area contributed by atoms with E-state index in [-0.39, 0.29) is 0 Å². The molecule has 0 aliphatic rings. The molecule has 3 N–H and O–H groups in total. The minimum Gasteiger partial charge on any atom is -0.440 e. The van der Waals surface area contributed by atoms with E-state index in [0.717, 1.165) is 10.7 Å². The van der Waals surface area contributed by atoms with Crippen LogP contribution in [0.2, 0.25) is 0 Å². The van der Waals surface area contributed by atoms with Gasteiger partial charge in [-0.05, 0) is 0 Å². The van der Waals surface area contributed by atoms with Gasteiger partial charge in [0, 0.05) is 11.5 Å². The molecule has 0 aromatic carbocycles. The van der Waals surface area contributed by atoms with Crippen molar-refractivity contribution in [3.63, 3.8) is 0 Å². The van der Waals surface area contributed by atoms with Crippen molar-refractivity contribution in [3.8, 4) is 0 Å². The lowest BCUT2D eigenvalue weighted by Gasteiger charge is -1.96. The van der Waals surface area contributed by atoms with Gasteiger partial charge in [-0.1, -0.05) is 16.3 Å². The number of rotatable bonds is 4. The first kappa shape index (κ1) is 9.44. The van der Waals surface area contributed by atoms with Crippen molar-refractivity contribution in [2.24, 2.45) is 5.84 Å². The summed E-state index contributed by atoms with van der Waals surface area (Å²) in [7, 11) is 0. The SMILES string of the molecule is NNc1snnc1CSc1ncco1.